The summed E-state index contributed by atoms with van der Waals surface area (Å²) in [5, 5.41) is 8.23. The van der Waals surface area contributed by atoms with Gasteiger partial charge in [-0.25, -0.2) is 0 Å². The third kappa shape index (κ3) is 1.08. The van der Waals surface area contributed by atoms with E-state index in [4.69, 9.17) is 5.26 Å². The zero-order chi connectivity index (χ0) is 5.11. The molecule has 1 aliphatic rings. The van der Waals surface area contributed by atoms with Crippen molar-refractivity contribution in [2.45, 2.75) is 0 Å². The minimum absolute atomic E-state index is 0.130. The first-order valence-corrected chi connectivity index (χ1v) is 2.93. The van der Waals surface area contributed by atoms with Gasteiger partial charge in [0, 0.05) is 6.54 Å². The monoisotopic (exact) mass is 113 g/mol. The maximum Gasteiger partial charge on any atom is 0.0740 e. The van der Waals surface area contributed by atoms with E-state index in [9.17, 15) is 0 Å². The Labute approximate surface area is 47.0 Å². The normalized spacial score (nSPS) is 29.9. The molecule has 0 aromatic rings. The fourth-order valence-corrected chi connectivity index (χ4v) is 1.09. The first kappa shape index (κ1) is 4.95. The van der Waals surface area contributed by atoms with Gasteiger partial charge < -0.3 is 0 Å². The maximum atomic E-state index is 8.23. The number of nitrogens with zero attached hydrogens (tertiary/aromatic N) is 1. The van der Waals surface area contributed by atoms with Crippen LogP contribution in [0.3, 0.4) is 0 Å². The van der Waals surface area contributed by atoms with Crippen molar-refractivity contribution in [2.75, 3.05) is 6.54 Å². The Bertz CT molecular complexity index is 90.4. The Morgan fingerprint density at radius 1 is 2.00 bits per heavy atom. The van der Waals surface area contributed by atoms with E-state index in [2.05, 4.69) is 10.8 Å². The topological polar surface area (TPSA) is 35.8 Å². The quantitative estimate of drug-likeness (QED) is 0.466. The van der Waals surface area contributed by atoms with E-state index in [0.717, 1.165) is 6.54 Å². The summed E-state index contributed by atoms with van der Waals surface area (Å²) >= 11 is 1.51. The van der Waals surface area contributed by atoms with Gasteiger partial charge in [0.2, 0.25) is 0 Å². The van der Waals surface area contributed by atoms with Crippen LogP contribution in [0.25, 0.3) is 0 Å². The third-order valence-corrected chi connectivity index (χ3v) is 1.58. The van der Waals surface area contributed by atoms with Gasteiger partial charge in [0.25, 0.3) is 0 Å². The number of hydrogen-bond acceptors (Lipinski definition) is 3. The van der Waals surface area contributed by atoms with Gasteiger partial charge in [-0.1, -0.05) is 11.9 Å². The van der Waals surface area contributed by atoms with Crippen LogP contribution in [0.15, 0.2) is 0 Å². The van der Waals surface area contributed by atoms with Gasteiger partial charge in [0.05, 0.1) is 17.7 Å². The average molecular weight is 113 g/mol. The Balaban J connectivity index is 2.31. The van der Waals surface area contributed by atoms with Crippen molar-refractivity contribution >= 4 is 11.9 Å². The van der Waals surface area contributed by atoms with Gasteiger partial charge in [-0.3, -0.25) is 4.72 Å². The highest BCUT2D eigenvalue weighted by Gasteiger charge is 2.13. The summed E-state index contributed by atoms with van der Waals surface area (Å²) in [4.78, 5) is 0. The minimum Gasteiger partial charge on any atom is -0.262 e. The van der Waals surface area contributed by atoms with Gasteiger partial charge in [0.15, 0.2) is 0 Å². The summed E-state index contributed by atoms with van der Waals surface area (Å²) in [6.45, 7) is 0.807. The molecule has 1 heterocycles. The molecular weight excluding hydrogens is 108 g/mol. The molecule has 1 unspecified atom stereocenters. The minimum atomic E-state index is 0.130. The lowest BCUT2D eigenvalue weighted by atomic mass is 10.2. The Kier molecular flexibility index (Phi) is 1.55. The van der Waals surface area contributed by atoms with Crippen LogP contribution in [0.5, 0.6) is 0 Å². The molecular formula is C4H5N2S. The van der Waals surface area contributed by atoms with E-state index in [-0.39, 0.29) is 5.92 Å². The second kappa shape index (κ2) is 2.20. The average Bonchev–Trinajstić information content (AvgIpc) is 2.14. The van der Waals surface area contributed by atoms with Gasteiger partial charge in [-0.05, 0) is 0 Å². The summed E-state index contributed by atoms with van der Waals surface area (Å²) in [5.74, 6) is 2.03. The molecule has 1 fully saturated rings. The highest BCUT2D eigenvalue weighted by molar-refractivity contribution is 7.99. The zero-order valence-electron chi connectivity index (χ0n) is 3.72. The van der Waals surface area contributed by atoms with Crippen molar-refractivity contribution in [3.8, 4) is 6.07 Å². The van der Waals surface area contributed by atoms with Crippen molar-refractivity contribution in [1.82, 2.24) is 4.72 Å². The molecule has 1 saturated heterocycles. The summed E-state index contributed by atoms with van der Waals surface area (Å²) < 4.78 is 2.96. The van der Waals surface area contributed by atoms with Crippen LogP contribution in [0.2, 0.25) is 0 Å². The molecule has 1 radical (unpaired) electrons. The Hall–Kier alpha value is -0.200. The lowest BCUT2D eigenvalue weighted by Crippen LogP contribution is -2.02. The molecule has 0 aliphatic carbocycles. The van der Waals surface area contributed by atoms with Crippen LogP contribution in [0.4, 0.5) is 0 Å². The molecule has 37 valence electrons. The van der Waals surface area contributed by atoms with Crippen LogP contribution in [-0.4, -0.2) is 6.54 Å². The highest BCUT2D eigenvalue weighted by atomic mass is 32.2. The van der Waals surface area contributed by atoms with Crippen molar-refractivity contribution in [2.24, 2.45) is 5.92 Å². The van der Waals surface area contributed by atoms with Gasteiger partial charge in [-0.15, -0.1) is 0 Å². The standard InChI is InChI=1S/C4H5N2S/c5-1-4-2-6-7-3-4/h3-4,6H,2H2. The molecule has 1 rings (SSSR count). The lowest BCUT2D eigenvalue weighted by Gasteiger charge is -1.85. The fraction of sp³-hybridized carbons (Fsp3) is 0.500. The summed E-state index contributed by atoms with van der Waals surface area (Å²) in [5.41, 5.74) is 0. The van der Waals surface area contributed by atoms with Crippen LogP contribution < -0.4 is 4.72 Å². The molecule has 1 aliphatic heterocycles. The van der Waals surface area contributed by atoms with Crippen LogP contribution in [0, 0.1) is 23.0 Å². The van der Waals surface area contributed by atoms with Gasteiger partial charge in [-0.2, -0.15) is 5.26 Å². The highest BCUT2D eigenvalue weighted by Crippen LogP contribution is 2.16. The largest absolute Gasteiger partial charge is 0.262 e. The third-order valence-electron chi connectivity index (χ3n) is 0.785. The summed E-state index contributed by atoms with van der Waals surface area (Å²) in [7, 11) is 0. The van der Waals surface area contributed by atoms with Crippen LogP contribution in [-0.2, 0) is 0 Å². The van der Waals surface area contributed by atoms with E-state index in [1.807, 2.05) is 5.75 Å². The number of nitriles is 1. The lowest BCUT2D eigenvalue weighted by molar-refractivity contribution is 0.815. The number of rotatable bonds is 0. The number of nitrogens with one attached hydrogen (secondary N) is 1. The van der Waals surface area contributed by atoms with E-state index < -0.39 is 0 Å². The predicted octanol–water partition coefficient (Wildman–Crippen LogP) is 0.539. The van der Waals surface area contributed by atoms with Crippen molar-refractivity contribution in [3.63, 3.8) is 0 Å². The first-order chi connectivity index (χ1) is 3.43. The van der Waals surface area contributed by atoms with E-state index in [0.29, 0.717) is 0 Å². The van der Waals surface area contributed by atoms with Crippen molar-refractivity contribution < 1.29 is 0 Å². The van der Waals surface area contributed by atoms with E-state index in [1.54, 1.807) is 0 Å². The fourth-order valence-electron chi connectivity index (χ4n) is 0.392. The zero-order valence-corrected chi connectivity index (χ0v) is 4.53. The van der Waals surface area contributed by atoms with E-state index in [1.165, 1.54) is 11.9 Å². The van der Waals surface area contributed by atoms with Crippen molar-refractivity contribution in [3.05, 3.63) is 5.75 Å². The Morgan fingerprint density at radius 3 is 3.14 bits per heavy atom. The molecule has 1 N–H and O–H groups in total. The van der Waals surface area contributed by atoms with Crippen LogP contribution >= 0.6 is 11.9 Å². The molecule has 0 saturated carbocycles. The summed E-state index contributed by atoms with van der Waals surface area (Å²) in [6, 6.07) is 2.12. The molecule has 0 amide bonds. The second-order valence-corrected chi connectivity index (χ2v) is 2.13. The summed E-state index contributed by atoms with van der Waals surface area (Å²) in [6.07, 6.45) is 0. The van der Waals surface area contributed by atoms with Gasteiger partial charge >= 0.3 is 0 Å². The molecule has 0 bridgehead atoms. The maximum absolute atomic E-state index is 8.23. The van der Waals surface area contributed by atoms with Crippen LogP contribution in [0.1, 0.15) is 0 Å². The SMILES string of the molecule is N#CC1[CH]SNC1. The van der Waals surface area contributed by atoms with E-state index >= 15 is 0 Å². The predicted molar refractivity (Wildman–Crippen MR) is 29.0 cm³/mol. The van der Waals surface area contributed by atoms with Crippen molar-refractivity contribution in [1.29, 1.82) is 5.26 Å². The molecule has 0 spiro atoms. The molecule has 3 heteroatoms. The molecule has 2 nitrogen and oxygen atoms in total. The Morgan fingerprint density at radius 2 is 2.86 bits per heavy atom. The molecule has 7 heavy (non-hydrogen) atoms. The van der Waals surface area contributed by atoms with Gasteiger partial charge in [0.1, 0.15) is 0 Å². The molecule has 1 atom stereocenters. The molecule has 0 aromatic heterocycles. The first-order valence-electron chi connectivity index (χ1n) is 2.05. The molecule has 0 aromatic carbocycles. The number of hydrogen-bond donors (Lipinski definition) is 1. The smallest absolute Gasteiger partial charge is 0.0740 e. The second-order valence-electron chi connectivity index (χ2n) is 1.34.